The maximum absolute atomic E-state index is 12.2. The van der Waals surface area contributed by atoms with Gasteiger partial charge in [-0.3, -0.25) is 19.0 Å². The molecule has 0 aromatic carbocycles. The second-order valence-corrected chi connectivity index (χ2v) is 4.55. The van der Waals surface area contributed by atoms with Crippen molar-refractivity contribution in [2.75, 3.05) is 5.32 Å². The van der Waals surface area contributed by atoms with Gasteiger partial charge in [-0.25, -0.2) is 4.79 Å². The summed E-state index contributed by atoms with van der Waals surface area (Å²) >= 11 is 0. The standard InChI is InChI=1S/C12H14N6O4/c1-6(18-4-3-7(16-18)12(21)22)11(20)15-8-5-14-17(2)9(8)10(13)19/h3-6H,1-2H3,(H2,13,19)(H,15,20)(H,21,22). The zero-order valence-electron chi connectivity index (χ0n) is 11.8. The Kier molecular flexibility index (Phi) is 3.93. The number of aryl methyl sites for hydroxylation is 1. The van der Waals surface area contributed by atoms with Crippen LogP contribution in [0.25, 0.3) is 0 Å². The van der Waals surface area contributed by atoms with E-state index in [2.05, 4.69) is 15.5 Å². The molecule has 2 rings (SSSR count). The summed E-state index contributed by atoms with van der Waals surface area (Å²) in [5, 5.41) is 19.0. The Morgan fingerprint density at radius 2 is 2.09 bits per heavy atom. The summed E-state index contributed by atoms with van der Waals surface area (Å²) in [5.74, 6) is -2.40. The number of nitrogens with two attached hydrogens (primary N) is 1. The van der Waals surface area contributed by atoms with Gasteiger partial charge in [-0.15, -0.1) is 0 Å². The summed E-state index contributed by atoms with van der Waals surface area (Å²) in [5.41, 5.74) is 5.30. The van der Waals surface area contributed by atoms with Crippen LogP contribution in [0.3, 0.4) is 0 Å². The van der Waals surface area contributed by atoms with Crippen LogP contribution in [0.15, 0.2) is 18.5 Å². The molecule has 2 heterocycles. The molecule has 0 radical (unpaired) electrons. The van der Waals surface area contributed by atoms with Crippen molar-refractivity contribution in [2.24, 2.45) is 12.8 Å². The van der Waals surface area contributed by atoms with Gasteiger partial charge >= 0.3 is 5.97 Å². The fourth-order valence-electron chi connectivity index (χ4n) is 1.85. The number of aromatic nitrogens is 4. The van der Waals surface area contributed by atoms with Crippen molar-refractivity contribution in [3.8, 4) is 0 Å². The van der Waals surface area contributed by atoms with Gasteiger partial charge in [0, 0.05) is 13.2 Å². The lowest BCUT2D eigenvalue weighted by Crippen LogP contribution is -2.26. The Hall–Kier alpha value is -3.17. The number of aromatic carboxylic acids is 1. The van der Waals surface area contributed by atoms with Crippen LogP contribution >= 0.6 is 0 Å². The first-order valence-corrected chi connectivity index (χ1v) is 6.22. The number of hydrogen-bond donors (Lipinski definition) is 3. The molecule has 10 heteroatoms. The number of amides is 2. The first kappa shape index (κ1) is 15.2. The molecule has 2 aromatic heterocycles. The molecule has 0 saturated carbocycles. The van der Waals surface area contributed by atoms with E-state index in [0.717, 1.165) is 0 Å². The number of anilines is 1. The van der Waals surface area contributed by atoms with E-state index in [9.17, 15) is 14.4 Å². The number of carbonyl (C=O) groups is 3. The van der Waals surface area contributed by atoms with Crippen molar-refractivity contribution in [2.45, 2.75) is 13.0 Å². The summed E-state index contributed by atoms with van der Waals surface area (Å²) in [6, 6.07) is 0.499. The maximum atomic E-state index is 12.2. The van der Waals surface area contributed by atoms with Crippen LogP contribution in [-0.2, 0) is 11.8 Å². The second kappa shape index (κ2) is 5.68. The van der Waals surface area contributed by atoms with Crippen LogP contribution in [-0.4, -0.2) is 42.5 Å². The van der Waals surface area contributed by atoms with Crippen LogP contribution in [0, 0.1) is 0 Å². The third-order valence-electron chi connectivity index (χ3n) is 3.03. The van der Waals surface area contributed by atoms with Gasteiger partial charge in [-0.1, -0.05) is 0 Å². The molecule has 2 aromatic rings. The van der Waals surface area contributed by atoms with Gasteiger partial charge < -0.3 is 16.2 Å². The largest absolute Gasteiger partial charge is 0.476 e. The van der Waals surface area contributed by atoms with E-state index in [1.54, 1.807) is 0 Å². The van der Waals surface area contributed by atoms with E-state index < -0.39 is 23.8 Å². The Balaban J connectivity index is 2.18. The van der Waals surface area contributed by atoms with Gasteiger partial charge in [-0.2, -0.15) is 10.2 Å². The molecule has 1 atom stereocenters. The highest BCUT2D eigenvalue weighted by Gasteiger charge is 2.21. The average molecular weight is 306 g/mol. The van der Waals surface area contributed by atoms with Gasteiger partial charge in [-0.05, 0) is 13.0 Å². The van der Waals surface area contributed by atoms with Crippen molar-refractivity contribution < 1.29 is 19.5 Å². The molecular formula is C12H14N6O4. The van der Waals surface area contributed by atoms with E-state index in [4.69, 9.17) is 10.8 Å². The fourth-order valence-corrected chi connectivity index (χ4v) is 1.85. The molecule has 0 saturated heterocycles. The number of rotatable bonds is 5. The van der Waals surface area contributed by atoms with Crippen molar-refractivity contribution in [3.05, 3.63) is 29.8 Å². The van der Waals surface area contributed by atoms with E-state index >= 15 is 0 Å². The van der Waals surface area contributed by atoms with Gasteiger partial charge in [0.2, 0.25) is 5.91 Å². The summed E-state index contributed by atoms with van der Waals surface area (Å²) in [7, 11) is 1.52. The van der Waals surface area contributed by atoms with Crippen molar-refractivity contribution >= 4 is 23.5 Å². The summed E-state index contributed by atoms with van der Waals surface area (Å²) < 4.78 is 2.46. The van der Waals surface area contributed by atoms with Crippen molar-refractivity contribution in [1.82, 2.24) is 19.6 Å². The Morgan fingerprint density at radius 3 is 2.64 bits per heavy atom. The van der Waals surface area contributed by atoms with Crippen LogP contribution in [0.5, 0.6) is 0 Å². The normalized spacial score (nSPS) is 11.9. The van der Waals surface area contributed by atoms with E-state index in [0.29, 0.717) is 0 Å². The molecule has 0 aliphatic heterocycles. The maximum Gasteiger partial charge on any atom is 0.356 e. The lowest BCUT2D eigenvalue weighted by atomic mass is 10.3. The van der Waals surface area contributed by atoms with Gasteiger partial charge in [0.25, 0.3) is 5.91 Å². The molecule has 22 heavy (non-hydrogen) atoms. The third kappa shape index (κ3) is 2.80. The monoisotopic (exact) mass is 306 g/mol. The molecule has 0 fully saturated rings. The number of hydrogen-bond acceptors (Lipinski definition) is 5. The molecule has 10 nitrogen and oxygen atoms in total. The van der Waals surface area contributed by atoms with Crippen LogP contribution in [0.1, 0.15) is 33.9 Å². The van der Waals surface area contributed by atoms with Crippen LogP contribution in [0.4, 0.5) is 5.69 Å². The number of nitrogens with one attached hydrogen (secondary N) is 1. The highest BCUT2D eigenvalue weighted by molar-refractivity contribution is 6.02. The molecule has 1 unspecified atom stereocenters. The van der Waals surface area contributed by atoms with Gasteiger partial charge in [0.15, 0.2) is 5.69 Å². The van der Waals surface area contributed by atoms with Gasteiger partial charge in [0.05, 0.1) is 11.9 Å². The molecule has 0 aliphatic rings. The molecule has 116 valence electrons. The number of primary amides is 1. The molecule has 0 spiro atoms. The number of nitrogens with zero attached hydrogens (tertiary/aromatic N) is 4. The first-order chi connectivity index (χ1) is 10.3. The van der Waals surface area contributed by atoms with E-state index in [-0.39, 0.29) is 17.1 Å². The summed E-state index contributed by atoms with van der Waals surface area (Å²) in [4.78, 5) is 34.3. The van der Waals surface area contributed by atoms with Crippen LogP contribution < -0.4 is 11.1 Å². The average Bonchev–Trinajstić information content (AvgIpc) is 3.05. The van der Waals surface area contributed by atoms with E-state index in [1.165, 1.54) is 41.8 Å². The lowest BCUT2D eigenvalue weighted by Gasteiger charge is -2.12. The smallest absolute Gasteiger partial charge is 0.356 e. The highest BCUT2D eigenvalue weighted by Crippen LogP contribution is 2.16. The minimum atomic E-state index is -1.19. The number of carbonyl (C=O) groups excluding carboxylic acids is 2. The molecular weight excluding hydrogens is 292 g/mol. The highest BCUT2D eigenvalue weighted by atomic mass is 16.4. The lowest BCUT2D eigenvalue weighted by molar-refractivity contribution is -0.119. The minimum absolute atomic E-state index is 0.0623. The SMILES string of the molecule is CC(C(=O)Nc1cnn(C)c1C(N)=O)n1ccc(C(=O)O)n1. The Morgan fingerprint density at radius 1 is 1.41 bits per heavy atom. The molecule has 0 aliphatic carbocycles. The number of carboxylic acids is 1. The van der Waals surface area contributed by atoms with Gasteiger partial charge in [0.1, 0.15) is 11.7 Å². The predicted octanol–water partition coefficient (Wildman–Crippen LogP) is -0.387. The number of carboxylic acid groups (broad SMARTS) is 1. The van der Waals surface area contributed by atoms with E-state index in [1.807, 2.05) is 0 Å². The molecule has 0 bridgehead atoms. The quantitative estimate of drug-likeness (QED) is 0.686. The Labute approximate surface area is 124 Å². The molecule has 2 amide bonds. The third-order valence-corrected chi connectivity index (χ3v) is 3.03. The minimum Gasteiger partial charge on any atom is -0.476 e. The zero-order chi connectivity index (χ0) is 16.4. The van der Waals surface area contributed by atoms with Crippen LogP contribution in [0.2, 0.25) is 0 Å². The van der Waals surface area contributed by atoms with Crippen molar-refractivity contribution in [3.63, 3.8) is 0 Å². The second-order valence-electron chi connectivity index (χ2n) is 4.55. The first-order valence-electron chi connectivity index (χ1n) is 6.22. The summed E-state index contributed by atoms with van der Waals surface area (Å²) in [6.45, 7) is 1.54. The fraction of sp³-hybridized carbons (Fsp3) is 0.250. The zero-order valence-corrected chi connectivity index (χ0v) is 11.8. The van der Waals surface area contributed by atoms with Crippen molar-refractivity contribution in [1.29, 1.82) is 0 Å². The topological polar surface area (TPSA) is 145 Å². The predicted molar refractivity (Wildman–Crippen MR) is 74.3 cm³/mol. The molecule has 4 N–H and O–H groups in total. The summed E-state index contributed by atoms with van der Waals surface area (Å²) in [6.07, 6.45) is 2.68. The Bertz CT molecular complexity index is 747.